The molecule has 2 aromatic heterocycles. The molecule has 5 nitrogen and oxygen atoms in total. The first-order valence-corrected chi connectivity index (χ1v) is 5.37. The highest BCUT2D eigenvalue weighted by atomic mass is 16.1. The molecule has 0 bridgehead atoms. The molecule has 0 saturated carbocycles. The van der Waals surface area contributed by atoms with Crippen LogP contribution in [0.25, 0.3) is 0 Å². The number of rotatable bonds is 3. The van der Waals surface area contributed by atoms with Crippen molar-refractivity contribution >= 4 is 0 Å². The van der Waals surface area contributed by atoms with E-state index in [0.717, 1.165) is 5.69 Å². The maximum Gasteiger partial charge on any atom is 0.255 e. The fourth-order valence-electron chi connectivity index (χ4n) is 1.62. The minimum atomic E-state index is -0.0695. The predicted octanol–water partition coefficient (Wildman–Crippen LogP) is 0.454. The summed E-state index contributed by atoms with van der Waals surface area (Å²) in [5.74, 6) is 0.617. The third-order valence-electron chi connectivity index (χ3n) is 2.61. The van der Waals surface area contributed by atoms with Crippen molar-refractivity contribution in [2.75, 3.05) is 0 Å². The third-order valence-corrected chi connectivity index (χ3v) is 2.61. The maximum atomic E-state index is 12.1. The van der Waals surface area contributed by atoms with Crippen molar-refractivity contribution in [3.05, 3.63) is 58.0 Å². The zero-order chi connectivity index (χ0) is 12.3. The molecule has 0 atom stereocenters. The second-order valence-electron chi connectivity index (χ2n) is 3.76. The Morgan fingerprint density at radius 2 is 2.00 bits per heavy atom. The largest absolute Gasteiger partial charge is 0.326 e. The molecule has 0 aliphatic carbocycles. The van der Waals surface area contributed by atoms with Crippen LogP contribution in [0.1, 0.15) is 17.1 Å². The first-order valence-electron chi connectivity index (χ1n) is 5.37. The van der Waals surface area contributed by atoms with Crippen molar-refractivity contribution < 1.29 is 0 Å². The second kappa shape index (κ2) is 4.88. The number of pyridine rings is 1. The first kappa shape index (κ1) is 11.5. The molecule has 0 spiro atoms. The van der Waals surface area contributed by atoms with Gasteiger partial charge in [0.25, 0.3) is 5.56 Å². The molecule has 5 heteroatoms. The normalized spacial score (nSPS) is 10.5. The Morgan fingerprint density at radius 3 is 2.65 bits per heavy atom. The lowest BCUT2D eigenvalue weighted by molar-refractivity contribution is 0.681. The molecule has 0 amide bonds. The van der Waals surface area contributed by atoms with Crippen LogP contribution in [0, 0.1) is 6.92 Å². The fraction of sp³-hybridized carbons (Fsp3) is 0.250. The van der Waals surface area contributed by atoms with Crippen LogP contribution in [-0.2, 0) is 13.1 Å². The van der Waals surface area contributed by atoms with Crippen molar-refractivity contribution in [3.63, 3.8) is 0 Å². The second-order valence-corrected chi connectivity index (χ2v) is 3.76. The average molecular weight is 230 g/mol. The van der Waals surface area contributed by atoms with Crippen molar-refractivity contribution in [3.8, 4) is 0 Å². The lowest BCUT2D eigenvalue weighted by Gasteiger charge is -2.10. The Labute approximate surface area is 99.0 Å². The van der Waals surface area contributed by atoms with Gasteiger partial charge < -0.3 is 10.3 Å². The lowest BCUT2D eigenvalue weighted by Crippen LogP contribution is -2.27. The molecule has 0 aromatic carbocycles. The van der Waals surface area contributed by atoms with Gasteiger partial charge in [-0.3, -0.25) is 4.79 Å². The summed E-state index contributed by atoms with van der Waals surface area (Å²) in [6.45, 7) is 2.50. The van der Waals surface area contributed by atoms with Gasteiger partial charge in [0, 0.05) is 30.2 Å². The molecule has 2 rings (SSSR count). The number of aryl methyl sites for hydroxylation is 1. The average Bonchev–Trinajstić information content (AvgIpc) is 2.36. The van der Waals surface area contributed by atoms with Crippen LogP contribution in [0.3, 0.4) is 0 Å². The molecule has 0 aliphatic rings. The first-order chi connectivity index (χ1) is 8.22. The van der Waals surface area contributed by atoms with Crippen LogP contribution in [0.4, 0.5) is 0 Å². The number of aromatic nitrogens is 3. The van der Waals surface area contributed by atoms with Crippen LogP contribution in [0.2, 0.25) is 0 Å². The molecule has 0 saturated heterocycles. The Bertz CT molecular complexity index is 562. The quantitative estimate of drug-likeness (QED) is 0.831. The molecule has 2 N–H and O–H groups in total. The molecule has 0 aliphatic heterocycles. The summed E-state index contributed by atoms with van der Waals surface area (Å²) in [5, 5.41) is 0. The topological polar surface area (TPSA) is 73.8 Å². The number of nitrogens with zero attached hydrogens (tertiary/aromatic N) is 3. The van der Waals surface area contributed by atoms with Gasteiger partial charge >= 0.3 is 0 Å². The summed E-state index contributed by atoms with van der Waals surface area (Å²) >= 11 is 0. The Morgan fingerprint density at radius 1 is 1.29 bits per heavy atom. The van der Waals surface area contributed by atoms with Crippen molar-refractivity contribution in [1.82, 2.24) is 14.5 Å². The highest BCUT2D eigenvalue weighted by Gasteiger charge is 2.06. The number of hydrogen-bond donors (Lipinski definition) is 1. The monoisotopic (exact) mass is 230 g/mol. The zero-order valence-electron chi connectivity index (χ0n) is 9.63. The zero-order valence-corrected chi connectivity index (χ0v) is 9.63. The fourth-order valence-corrected chi connectivity index (χ4v) is 1.62. The summed E-state index contributed by atoms with van der Waals surface area (Å²) in [6.07, 6.45) is 3.32. The van der Waals surface area contributed by atoms with E-state index >= 15 is 0 Å². The van der Waals surface area contributed by atoms with Crippen LogP contribution in [0.5, 0.6) is 0 Å². The summed E-state index contributed by atoms with van der Waals surface area (Å²) < 4.78 is 1.64. The van der Waals surface area contributed by atoms with E-state index < -0.39 is 0 Å². The molecule has 0 fully saturated rings. The standard InChI is InChI=1S/C12H14N4O/c1-9-3-4-10(7-13)12(17)16(9)8-11-14-5-2-6-15-11/h2-6H,7-8,13H2,1H3. The van der Waals surface area contributed by atoms with Gasteiger partial charge in [0.2, 0.25) is 0 Å². The SMILES string of the molecule is Cc1ccc(CN)c(=O)n1Cc1ncccn1. The van der Waals surface area contributed by atoms with Gasteiger partial charge in [-0.05, 0) is 19.1 Å². The minimum absolute atomic E-state index is 0.0695. The molecule has 0 unspecified atom stereocenters. The molecule has 2 heterocycles. The summed E-state index contributed by atoms with van der Waals surface area (Å²) in [4.78, 5) is 20.3. The van der Waals surface area contributed by atoms with Crippen LogP contribution in [0.15, 0.2) is 35.4 Å². The predicted molar refractivity (Wildman–Crippen MR) is 64.5 cm³/mol. The number of nitrogens with two attached hydrogens (primary N) is 1. The van der Waals surface area contributed by atoms with E-state index in [0.29, 0.717) is 17.9 Å². The van der Waals surface area contributed by atoms with Crippen LogP contribution in [-0.4, -0.2) is 14.5 Å². The Hall–Kier alpha value is -2.01. The molecule has 88 valence electrons. The van der Waals surface area contributed by atoms with E-state index in [1.807, 2.05) is 13.0 Å². The van der Waals surface area contributed by atoms with Gasteiger partial charge in [-0.15, -0.1) is 0 Å². The van der Waals surface area contributed by atoms with Crippen molar-refractivity contribution in [1.29, 1.82) is 0 Å². The van der Waals surface area contributed by atoms with Crippen LogP contribution < -0.4 is 11.3 Å². The van der Waals surface area contributed by atoms with Gasteiger partial charge in [-0.2, -0.15) is 0 Å². The molecule has 2 aromatic rings. The lowest BCUT2D eigenvalue weighted by atomic mass is 10.2. The van der Waals surface area contributed by atoms with E-state index in [1.165, 1.54) is 0 Å². The van der Waals surface area contributed by atoms with Gasteiger partial charge in [-0.25, -0.2) is 9.97 Å². The third kappa shape index (κ3) is 2.39. The van der Waals surface area contributed by atoms with Gasteiger partial charge in [-0.1, -0.05) is 6.07 Å². The van der Waals surface area contributed by atoms with E-state index in [-0.39, 0.29) is 12.1 Å². The number of hydrogen-bond acceptors (Lipinski definition) is 4. The van der Waals surface area contributed by atoms with Crippen LogP contribution >= 0.6 is 0 Å². The Balaban J connectivity index is 2.42. The van der Waals surface area contributed by atoms with E-state index in [4.69, 9.17) is 5.73 Å². The Kier molecular flexibility index (Phi) is 3.30. The van der Waals surface area contributed by atoms with Gasteiger partial charge in [0.15, 0.2) is 0 Å². The summed E-state index contributed by atoms with van der Waals surface area (Å²) in [7, 11) is 0. The maximum absolute atomic E-state index is 12.1. The van der Waals surface area contributed by atoms with E-state index in [1.54, 1.807) is 29.1 Å². The highest BCUT2D eigenvalue weighted by Crippen LogP contribution is 2.00. The summed E-state index contributed by atoms with van der Waals surface area (Å²) in [6, 6.07) is 5.39. The molecular formula is C12H14N4O. The minimum Gasteiger partial charge on any atom is -0.326 e. The molecule has 17 heavy (non-hydrogen) atoms. The van der Waals surface area contributed by atoms with E-state index in [9.17, 15) is 4.79 Å². The van der Waals surface area contributed by atoms with Gasteiger partial charge in [0.05, 0.1) is 6.54 Å². The van der Waals surface area contributed by atoms with Crippen molar-refractivity contribution in [2.24, 2.45) is 5.73 Å². The van der Waals surface area contributed by atoms with E-state index in [2.05, 4.69) is 9.97 Å². The van der Waals surface area contributed by atoms with Crippen molar-refractivity contribution in [2.45, 2.75) is 20.0 Å². The smallest absolute Gasteiger partial charge is 0.255 e. The molecule has 0 radical (unpaired) electrons. The highest BCUT2D eigenvalue weighted by molar-refractivity contribution is 5.16. The molecular weight excluding hydrogens is 216 g/mol. The van der Waals surface area contributed by atoms with Gasteiger partial charge in [0.1, 0.15) is 5.82 Å². The summed E-state index contributed by atoms with van der Waals surface area (Å²) in [5.41, 5.74) is 6.93.